The molecule has 0 aliphatic rings. The van der Waals surface area contributed by atoms with Crippen LogP contribution in [0, 0.1) is 12.0 Å². The summed E-state index contributed by atoms with van der Waals surface area (Å²) in [5, 5.41) is 0. The number of rotatable bonds is 0. The zero-order chi connectivity index (χ0) is 2.71. The first-order valence-electron chi connectivity index (χ1n) is 0.750. The van der Waals surface area contributed by atoms with E-state index < -0.39 is 0 Å². The first-order valence-corrected chi connectivity index (χ1v) is 1.75. The second kappa shape index (κ2) is 10.1. The van der Waals surface area contributed by atoms with E-state index in [1.165, 1.54) is 0 Å². The van der Waals surface area contributed by atoms with E-state index >= 15 is 0 Å². The van der Waals surface area contributed by atoms with Gasteiger partial charge in [0.1, 0.15) is 0 Å². The van der Waals surface area contributed by atoms with Crippen molar-refractivity contribution >= 4 is 10.2 Å². The molecule has 0 aromatic heterocycles. The van der Waals surface area contributed by atoms with Gasteiger partial charge in [0.2, 0.25) is 0 Å². The molecule has 0 atom stereocenters. The van der Waals surface area contributed by atoms with E-state index in [1.54, 1.807) is 0 Å². The van der Waals surface area contributed by atoms with Gasteiger partial charge in [-0.15, -0.1) is 0 Å². The standard InChI is InChI=1S/C2H3Si.Li/c1-2-3;/h3H3;/q-1;+1. The summed E-state index contributed by atoms with van der Waals surface area (Å²) >= 11 is 0. The molecule has 0 bridgehead atoms. The van der Waals surface area contributed by atoms with Gasteiger partial charge in [-0.2, -0.15) is 0 Å². The summed E-state index contributed by atoms with van der Waals surface area (Å²) in [7, 11) is 0.785. The Morgan fingerprint density at radius 1 is 1.75 bits per heavy atom. The van der Waals surface area contributed by atoms with Gasteiger partial charge in [0, 0.05) is 10.2 Å². The average Bonchev–Trinajstić information content (AvgIpc) is 0.918. The van der Waals surface area contributed by atoms with Crippen LogP contribution in [0.25, 0.3) is 0 Å². The van der Waals surface area contributed by atoms with Crippen molar-refractivity contribution in [2.75, 3.05) is 0 Å². The van der Waals surface area contributed by atoms with Gasteiger partial charge in [0.05, 0.1) is 0 Å². The molecule has 0 N–H and O–H groups in total. The van der Waals surface area contributed by atoms with E-state index in [4.69, 9.17) is 6.42 Å². The van der Waals surface area contributed by atoms with Crippen molar-refractivity contribution in [2.45, 2.75) is 0 Å². The van der Waals surface area contributed by atoms with Crippen LogP contribution in [0.2, 0.25) is 0 Å². The normalized spacial score (nSPS) is 2.75. The van der Waals surface area contributed by atoms with E-state index in [2.05, 4.69) is 5.54 Å². The van der Waals surface area contributed by atoms with Crippen LogP contribution in [0.3, 0.4) is 0 Å². The van der Waals surface area contributed by atoms with Crippen molar-refractivity contribution in [3.05, 3.63) is 6.42 Å². The van der Waals surface area contributed by atoms with Gasteiger partial charge in [0.25, 0.3) is 0 Å². The van der Waals surface area contributed by atoms with E-state index in [-0.39, 0.29) is 18.9 Å². The van der Waals surface area contributed by atoms with Crippen LogP contribution < -0.4 is 18.9 Å². The maximum absolute atomic E-state index is 6.02. The van der Waals surface area contributed by atoms with Crippen molar-refractivity contribution in [3.8, 4) is 5.54 Å². The molecule has 0 rings (SSSR count). The van der Waals surface area contributed by atoms with Gasteiger partial charge in [-0.3, -0.25) is 0 Å². The average molecular weight is 62.1 g/mol. The molecule has 0 aliphatic heterocycles. The van der Waals surface area contributed by atoms with Crippen LogP contribution in [-0.4, -0.2) is 10.2 Å². The molecule has 0 spiro atoms. The molecule has 0 amide bonds. The summed E-state index contributed by atoms with van der Waals surface area (Å²) in [6, 6.07) is 0. The Morgan fingerprint density at radius 3 is 1.75 bits per heavy atom. The fourth-order valence-corrected chi connectivity index (χ4v) is 0. The summed E-state index contributed by atoms with van der Waals surface area (Å²) in [4.78, 5) is 0. The molecule has 16 valence electrons. The summed E-state index contributed by atoms with van der Waals surface area (Å²) in [6.07, 6.45) is 6.02. The Kier molecular flexibility index (Phi) is 22.2. The van der Waals surface area contributed by atoms with Crippen LogP contribution in [0.1, 0.15) is 0 Å². The van der Waals surface area contributed by atoms with Crippen molar-refractivity contribution in [1.82, 2.24) is 0 Å². The molecular formula is C2H3LiSi. The molecule has 0 saturated heterocycles. The number of hydrogen-bond acceptors (Lipinski definition) is 0. The molecule has 4 heavy (non-hydrogen) atoms. The molecule has 0 nitrogen and oxygen atoms in total. The molecule has 0 saturated carbocycles. The van der Waals surface area contributed by atoms with Crippen molar-refractivity contribution < 1.29 is 18.9 Å². The summed E-state index contributed by atoms with van der Waals surface area (Å²) in [6.45, 7) is 0. The third-order valence-corrected chi connectivity index (χ3v) is 0. The molecule has 0 heterocycles. The molecule has 0 aromatic rings. The molecule has 0 aromatic carbocycles. The molecule has 0 unspecified atom stereocenters. The number of hydrogen-bond donors (Lipinski definition) is 0. The first kappa shape index (κ1) is 8.83. The summed E-state index contributed by atoms with van der Waals surface area (Å²) in [5.41, 5.74) is 2.14. The van der Waals surface area contributed by atoms with E-state index in [0.717, 1.165) is 10.2 Å². The van der Waals surface area contributed by atoms with Gasteiger partial charge < -0.3 is 12.0 Å². The maximum Gasteiger partial charge on any atom is 1.00 e. The Labute approximate surface area is 41.6 Å². The molecule has 0 fully saturated rings. The van der Waals surface area contributed by atoms with Crippen molar-refractivity contribution in [1.29, 1.82) is 0 Å². The fraction of sp³-hybridized carbons (Fsp3) is 0. The third kappa shape index (κ3) is 32.0. The summed E-state index contributed by atoms with van der Waals surface area (Å²) in [5.74, 6) is 0. The van der Waals surface area contributed by atoms with Crippen LogP contribution >= 0.6 is 0 Å². The van der Waals surface area contributed by atoms with Crippen LogP contribution in [-0.2, 0) is 0 Å². The van der Waals surface area contributed by atoms with Gasteiger partial charge in [0.15, 0.2) is 0 Å². The Morgan fingerprint density at radius 2 is 1.75 bits per heavy atom. The van der Waals surface area contributed by atoms with E-state index in [9.17, 15) is 0 Å². The topological polar surface area (TPSA) is 0 Å². The van der Waals surface area contributed by atoms with Gasteiger partial charge >= 0.3 is 18.9 Å². The van der Waals surface area contributed by atoms with Crippen molar-refractivity contribution in [3.63, 3.8) is 0 Å². The minimum atomic E-state index is 0. The van der Waals surface area contributed by atoms with Crippen LogP contribution in [0.15, 0.2) is 0 Å². The smallest absolute Gasteiger partial charge is 0.702 e. The van der Waals surface area contributed by atoms with Gasteiger partial charge in [-0.05, 0) is 0 Å². The quantitative estimate of drug-likeness (QED) is 0.152. The van der Waals surface area contributed by atoms with Gasteiger partial charge in [-0.1, -0.05) is 0 Å². The Hall–Kier alpha value is 0.374. The maximum atomic E-state index is 6.02. The van der Waals surface area contributed by atoms with E-state index in [1.807, 2.05) is 0 Å². The monoisotopic (exact) mass is 62.0 g/mol. The predicted molar refractivity (Wildman–Crippen MR) is 17.1 cm³/mol. The molecule has 0 radical (unpaired) electrons. The molecule has 2 heteroatoms. The SMILES string of the molecule is [C-]#C[SiH3].[Li+]. The molecular weight excluding hydrogens is 59.0 g/mol. The molecule has 0 aliphatic carbocycles. The summed E-state index contributed by atoms with van der Waals surface area (Å²) < 4.78 is 0. The second-order valence-corrected chi connectivity index (χ2v) is 0.750. The van der Waals surface area contributed by atoms with Crippen LogP contribution in [0.4, 0.5) is 0 Å². The zero-order valence-electron chi connectivity index (χ0n) is 3.00. The minimum absolute atomic E-state index is 0. The minimum Gasteiger partial charge on any atom is -0.702 e. The third-order valence-electron chi connectivity index (χ3n) is 0. The second-order valence-electron chi connectivity index (χ2n) is 0.250. The van der Waals surface area contributed by atoms with Gasteiger partial charge in [-0.25, -0.2) is 0 Å². The van der Waals surface area contributed by atoms with Crippen LogP contribution in [0.5, 0.6) is 0 Å². The fourth-order valence-electron chi connectivity index (χ4n) is 0. The van der Waals surface area contributed by atoms with E-state index in [0.29, 0.717) is 0 Å². The first-order chi connectivity index (χ1) is 1.41. The zero-order valence-corrected chi connectivity index (χ0v) is 5.00. The Balaban J connectivity index is 0. The largest absolute Gasteiger partial charge is 1.00 e. The predicted octanol–water partition coefficient (Wildman–Crippen LogP) is -4.10. The Bertz CT molecular complexity index is 27.5. The van der Waals surface area contributed by atoms with Crippen molar-refractivity contribution in [2.24, 2.45) is 0 Å².